The Balaban J connectivity index is 1.31. The van der Waals surface area contributed by atoms with Crippen molar-refractivity contribution in [2.45, 2.75) is 13.0 Å². The second-order valence-corrected chi connectivity index (χ2v) is 9.99. The Morgan fingerprint density at radius 3 is 2.45 bits per heavy atom. The fraction of sp³-hybridized carbons (Fsp3) is 0.0882. The number of benzene rings is 3. The van der Waals surface area contributed by atoms with Crippen LogP contribution in [0.4, 0.5) is 10.2 Å². The summed E-state index contributed by atoms with van der Waals surface area (Å²) in [6.07, 6.45) is 1.37. The van der Waals surface area contributed by atoms with Gasteiger partial charge in [-0.15, -0.1) is 0 Å². The Morgan fingerprint density at radius 1 is 0.909 bits per heavy atom. The van der Waals surface area contributed by atoms with Crippen LogP contribution in [0.3, 0.4) is 0 Å². The van der Waals surface area contributed by atoms with Gasteiger partial charge in [0.15, 0.2) is 11.5 Å². The lowest BCUT2D eigenvalue weighted by Gasteiger charge is -2.12. The molecule has 3 N–H and O–H groups in total. The van der Waals surface area contributed by atoms with Crippen LogP contribution in [0.15, 0.2) is 103 Å². The molecule has 0 saturated heterocycles. The Labute approximate surface area is 252 Å². The van der Waals surface area contributed by atoms with Crippen LogP contribution in [0, 0.1) is 5.82 Å². The number of anilines is 1. The average Bonchev–Trinajstić information content (AvgIpc) is 3.44. The van der Waals surface area contributed by atoms with E-state index >= 15 is 0 Å². The van der Waals surface area contributed by atoms with Crippen molar-refractivity contribution in [1.29, 1.82) is 0 Å². The second kappa shape index (κ2) is 12.1. The van der Waals surface area contributed by atoms with E-state index in [9.17, 15) is 14.0 Å². The zero-order chi connectivity index (χ0) is 30.6. The van der Waals surface area contributed by atoms with Gasteiger partial charge in [0.1, 0.15) is 17.2 Å². The quantitative estimate of drug-likeness (QED) is 0.225. The standard InChI is InChI=1S/C34H27FN6O3/c1-44-29(42)19-23-9-5-10-25(30(23)35)34(43)38-20-21-12-14-24(15-13-21)41-32(26-11-6-18-37-31(26)36)40-28-17-16-27(39-33(28)41)22-7-3-2-4-8-22/h2-18H,19-20H2,1H3,(H2,36,37)(H,38,43). The molecule has 0 bridgehead atoms. The molecule has 6 aromatic rings. The molecule has 3 aromatic heterocycles. The molecule has 10 heteroatoms. The maximum absolute atomic E-state index is 14.9. The topological polar surface area (TPSA) is 125 Å². The smallest absolute Gasteiger partial charge is 0.310 e. The molecule has 1 amide bonds. The number of rotatable bonds is 8. The molecular formula is C34H27FN6O3. The number of imidazole rings is 1. The zero-order valence-electron chi connectivity index (χ0n) is 23.7. The summed E-state index contributed by atoms with van der Waals surface area (Å²) in [7, 11) is 1.23. The Hall–Kier alpha value is -5.90. The van der Waals surface area contributed by atoms with Crippen LogP contribution >= 0.6 is 0 Å². The zero-order valence-corrected chi connectivity index (χ0v) is 23.7. The second-order valence-electron chi connectivity index (χ2n) is 9.99. The van der Waals surface area contributed by atoms with Crippen molar-refractivity contribution in [3.8, 4) is 28.3 Å². The number of carbonyl (C=O) groups excluding carboxylic acids is 2. The molecule has 218 valence electrons. The molecule has 0 aliphatic carbocycles. The molecule has 44 heavy (non-hydrogen) atoms. The molecule has 0 unspecified atom stereocenters. The van der Waals surface area contributed by atoms with Gasteiger partial charge in [-0.25, -0.2) is 19.3 Å². The first kappa shape index (κ1) is 28.2. The van der Waals surface area contributed by atoms with Crippen molar-refractivity contribution in [1.82, 2.24) is 24.8 Å². The van der Waals surface area contributed by atoms with Gasteiger partial charge in [-0.1, -0.05) is 54.6 Å². The first-order chi connectivity index (χ1) is 21.4. The summed E-state index contributed by atoms with van der Waals surface area (Å²) in [4.78, 5) is 38.5. The van der Waals surface area contributed by atoms with Gasteiger partial charge in [-0.3, -0.25) is 14.2 Å². The van der Waals surface area contributed by atoms with E-state index in [2.05, 4.69) is 15.0 Å². The number of fused-ring (bicyclic) bond motifs is 1. The Morgan fingerprint density at radius 2 is 1.70 bits per heavy atom. The lowest BCUT2D eigenvalue weighted by atomic mass is 10.1. The van der Waals surface area contributed by atoms with Crippen molar-refractivity contribution in [2.75, 3.05) is 12.8 Å². The number of nitrogens with one attached hydrogen (secondary N) is 1. The van der Waals surface area contributed by atoms with Crippen molar-refractivity contribution in [3.05, 3.63) is 126 Å². The fourth-order valence-corrected chi connectivity index (χ4v) is 4.92. The van der Waals surface area contributed by atoms with Crippen LogP contribution in [0.25, 0.3) is 39.5 Å². The van der Waals surface area contributed by atoms with E-state index in [-0.39, 0.29) is 24.1 Å². The predicted octanol–water partition coefficient (Wildman–Crippen LogP) is 5.52. The number of hydrogen-bond acceptors (Lipinski definition) is 7. The highest BCUT2D eigenvalue weighted by atomic mass is 19.1. The van der Waals surface area contributed by atoms with Crippen LogP contribution in [0.5, 0.6) is 0 Å². The largest absolute Gasteiger partial charge is 0.469 e. The molecule has 0 fully saturated rings. The maximum Gasteiger partial charge on any atom is 0.310 e. The first-order valence-electron chi connectivity index (χ1n) is 13.8. The normalized spacial score (nSPS) is 11.0. The van der Waals surface area contributed by atoms with Gasteiger partial charge < -0.3 is 15.8 Å². The number of aromatic nitrogens is 4. The number of halogens is 1. The molecule has 6 rings (SSSR count). The molecule has 0 aliphatic heterocycles. The number of amides is 1. The summed E-state index contributed by atoms with van der Waals surface area (Å²) in [5, 5.41) is 2.75. The van der Waals surface area contributed by atoms with Gasteiger partial charge in [0.2, 0.25) is 0 Å². The number of hydrogen-bond donors (Lipinski definition) is 2. The van der Waals surface area contributed by atoms with E-state index in [0.717, 1.165) is 22.5 Å². The number of pyridine rings is 2. The Kier molecular flexibility index (Phi) is 7.79. The van der Waals surface area contributed by atoms with E-state index in [0.29, 0.717) is 28.4 Å². The van der Waals surface area contributed by atoms with Crippen LogP contribution in [-0.4, -0.2) is 38.5 Å². The van der Waals surface area contributed by atoms with E-state index in [1.165, 1.54) is 25.3 Å². The number of nitrogens with two attached hydrogens (primary N) is 1. The molecule has 0 atom stereocenters. The van der Waals surface area contributed by atoms with E-state index in [1.807, 2.05) is 77.4 Å². The monoisotopic (exact) mass is 586 g/mol. The lowest BCUT2D eigenvalue weighted by Crippen LogP contribution is -2.24. The highest BCUT2D eigenvalue weighted by Crippen LogP contribution is 2.31. The van der Waals surface area contributed by atoms with Crippen molar-refractivity contribution in [2.24, 2.45) is 0 Å². The molecule has 0 radical (unpaired) electrons. The highest BCUT2D eigenvalue weighted by molar-refractivity contribution is 5.95. The van der Waals surface area contributed by atoms with Crippen molar-refractivity contribution >= 4 is 28.9 Å². The van der Waals surface area contributed by atoms with Crippen LogP contribution in [0.2, 0.25) is 0 Å². The van der Waals surface area contributed by atoms with Crippen molar-refractivity contribution < 1.29 is 18.7 Å². The van der Waals surface area contributed by atoms with Gasteiger partial charge in [0.05, 0.1) is 30.4 Å². The van der Waals surface area contributed by atoms with E-state index in [1.54, 1.807) is 12.3 Å². The minimum absolute atomic E-state index is 0.0931. The number of nitrogens with zero attached hydrogens (tertiary/aromatic N) is 4. The third-order valence-corrected chi connectivity index (χ3v) is 7.19. The lowest BCUT2D eigenvalue weighted by molar-refractivity contribution is -0.139. The van der Waals surface area contributed by atoms with Gasteiger partial charge in [0.25, 0.3) is 5.91 Å². The van der Waals surface area contributed by atoms with Gasteiger partial charge in [0, 0.05) is 24.0 Å². The van der Waals surface area contributed by atoms with E-state index in [4.69, 9.17) is 15.7 Å². The SMILES string of the molecule is COC(=O)Cc1cccc(C(=O)NCc2ccc(-n3c(-c4cccnc4N)nc4ccc(-c5ccccc5)nc43)cc2)c1F. The molecule has 9 nitrogen and oxygen atoms in total. The van der Waals surface area contributed by atoms with Gasteiger partial charge >= 0.3 is 5.97 Å². The summed E-state index contributed by atoms with van der Waals surface area (Å²) in [6.45, 7) is 0.156. The van der Waals surface area contributed by atoms with E-state index < -0.39 is 17.7 Å². The number of nitrogen functional groups attached to an aromatic ring is 1. The molecule has 0 spiro atoms. The number of carbonyl (C=O) groups is 2. The molecular weight excluding hydrogens is 559 g/mol. The number of methoxy groups -OCH3 is 1. The third-order valence-electron chi connectivity index (χ3n) is 7.19. The summed E-state index contributed by atoms with van der Waals surface area (Å²) < 4.78 is 21.5. The van der Waals surface area contributed by atoms with Gasteiger partial charge in [-0.2, -0.15) is 0 Å². The number of esters is 1. The predicted molar refractivity (Wildman–Crippen MR) is 165 cm³/mol. The number of ether oxygens (including phenoxy) is 1. The molecule has 0 saturated carbocycles. The van der Waals surface area contributed by atoms with Crippen LogP contribution < -0.4 is 11.1 Å². The molecule has 3 heterocycles. The van der Waals surface area contributed by atoms with Crippen LogP contribution in [-0.2, 0) is 22.5 Å². The summed E-state index contributed by atoms with van der Waals surface area (Å²) in [5.41, 5.74) is 11.5. The van der Waals surface area contributed by atoms with Gasteiger partial charge in [-0.05, 0) is 53.6 Å². The minimum atomic E-state index is -0.748. The summed E-state index contributed by atoms with van der Waals surface area (Å²) in [5.74, 6) is -0.998. The fourth-order valence-electron chi connectivity index (χ4n) is 4.92. The van der Waals surface area contributed by atoms with Crippen molar-refractivity contribution in [3.63, 3.8) is 0 Å². The van der Waals surface area contributed by atoms with Crippen LogP contribution in [0.1, 0.15) is 21.5 Å². The minimum Gasteiger partial charge on any atom is -0.469 e. The molecule has 3 aromatic carbocycles. The summed E-state index contributed by atoms with van der Waals surface area (Å²) in [6, 6.07) is 29.3. The first-order valence-corrected chi connectivity index (χ1v) is 13.8. The highest BCUT2D eigenvalue weighted by Gasteiger charge is 2.20. The summed E-state index contributed by atoms with van der Waals surface area (Å²) >= 11 is 0. The average molecular weight is 587 g/mol. The maximum atomic E-state index is 14.9. The molecule has 0 aliphatic rings. The Bertz CT molecular complexity index is 1990. The third kappa shape index (κ3) is 5.60.